The molecule has 0 amide bonds. The molecule has 0 radical (unpaired) electrons. The van der Waals surface area contributed by atoms with Gasteiger partial charge in [0.1, 0.15) is 0 Å². The molecular weight excluding hydrogens is 292 g/mol. The van der Waals surface area contributed by atoms with Crippen molar-refractivity contribution in [2.75, 3.05) is 26.3 Å². The van der Waals surface area contributed by atoms with Crippen molar-refractivity contribution in [3.05, 3.63) is 28.8 Å². The first-order chi connectivity index (χ1) is 10.1. The fourth-order valence-electron chi connectivity index (χ4n) is 2.93. The number of benzene rings is 1. The van der Waals surface area contributed by atoms with E-state index in [1.54, 1.807) is 12.1 Å². The van der Waals surface area contributed by atoms with E-state index in [9.17, 15) is 0 Å². The largest absolute Gasteiger partial charge is 0.488 e. The minimum Gasteiger partial charge on any atom is -0.423 e. The standard InChI is InChI=1S/C14H19BClNO4/c16-13-9-12(15(18)19)2-1-11(13)10-17-5-3-14(4-6-17)20-7-8-21-14/h1-2,9,18-19H,3-8,10H2. The monoisotopic (exact) mass is 311 g/mol. The van der Waals surface area contributed by atoms with Gasteiger partial charge in [-0.15, -0.1) is 0 Å². The Morgan fingerprint density at radius 3 is 2.43 bits per heavy atom. The third-order valence-corrected chi connectivity index (χ3v) is 4.55. The van der Waals surface area contributed by atoms with Gasteiger partial charge >= 0.3 is 7.12 Å². The number of rotatable bonds is 3. The summed E-state index contributed by atoms with van der Waals surface area (Å²) in [6, 6.07) is 5.15. The number of hydrogen-bond acceptors (Lipinski definition) is 5. The molecule has 5 nitrogen and oxygen atoms in total. The predicted molar refractivity (Wildman–Crippen MR) is 80.4 cm³/mol. The SMILES string of the molecule is OB(O)c1ccc(CN2CCC3(CC2)OCCO3)c(Cl)c1. The van der Waals surface area contributed by atoms with Crippen molar-refractivity contribution < 1.29 is 19.5 Å². The highest BCUT2D eigenvalue weighted by Crippen LogP contribution is 2.32. The number of nitrogens with zero attached hydrogens (tertiary/aromatic N) is 1. The van der Waals surface area contributed by atoms with E-state index in [1.807, 2.05) is 6.07 Å². The van der Waals surface area contributed by atoms with Crippen LogP contribution in [0, 0.1) is 0 Å². The van der Waals surface area contributed by atoms with Crippen LogP contribution in [0.3, 0.4) is 0 Å². The highest BCUT2D eigenvalue weighted by molar-refractivity contribution is 6.59. The predicted octanol–water partition coefficient (Wildman–Crippen LogP) is 0.359. The van der Waals surface area contributed by atoms with Crippen molar-refractivity contribution in [3.8, 4) is 0 Å². The first-order valence-electron chi connectivity index (χ1n) is 7.23. The average molecular weight is 312 g/mol. The van der Waals surface area contributed by atoms with E-state index in [0.29, 0.717) is 23.7 Å². The van der Waals surface area contributed by atoms with Crippen LogP contribution >= 0.6 is 11.6 Å². The fourth-order valence-corrected chi connectivity index (χ4v) is 3.18. The number of ether oxygens (including phenoxy) is 2. The fraction of sp³-hybridized carbons (Fsp3) is 0.571. The van der Waals surface area contributed by atoms with Crippen molar-refractivity contribution in [2.45, 2.75) is 25.2 Å². The summed E-state index contributed by atoms with van der Waals surface area (Å²) < 4.78 is 11.4. The molecule has 0 bridgehead atoms. The Balaban J connectivity index is 1.60. The average Bonchev–Trinajstić information content (AvgIpc) is 2.92. The molecule has 0 unspecified atom stereocenters. The quantitative estimate of drug-likeness (QED) is 0.789. The van der Waals surface area contributed by atoms with Crippen molar-refractivity contribution in [2.24, 2.45) is 0 Å². The summed E-state index contributed by atoms with van der Waals surface area (Å²) in [6.45, 7) is 3.94. The van der Waals surface area contributed by atoms with Crippen LogP contribution in [0.2, 0.25) is 5.02 Å². The van der Waals surface area contributed by atoms with E-state index < -0.39 is 7.12 Å². The molecule has 2 N–H and O–H groups in total. The summed E-state index contributed by atoms with van der Waals surface area (Å²) in [5.41, 5.74) is 1.40. The Morgan fingerprint density at radius 2 is 1.86 bits per heavy atom. The smallest absolute Gasteiger partial charge is 0.423 e. The Kier molecular flexibility index (Phi) is 4.54. The van der Waals surface area contributed by atoms with Crippen molar-refractivity contribution >= 4 is 24.2 Å². The van der Waals surface area contributed by atoms with E-state index in [2.05, 4.69) is 4.90 Å². The van der Waals surface area contributed by atoms with Gasteiger partial charge in [-0.3, -0.25) is 4.90 Å². The molecule has 2 saturated heterocycles. The van der Waals surface area contributed by atoms with Crippen LogP contribution < -0.4 is 5.46 Å². The molecule has 0 atom stereocenters. The van der Waals surface area contributed by atoms with Crippen molar-refractivity contribution in [3.63, 3.8) is 0 Å². The van der Waals surface area contributed by atoms with E-state index in [1.165, 1.54) is 0 Å². The highest BCUT2D eigenvalue weighted by atomic mass is 35.5. The Bertz CT molecular complexity index is 498. The van der Waals surface area contributed by atoms with Gasteiger partial charge in [-0.05, 0) is 17.1 Å². The number of hydrogen-bond donors (Lipinski definition) is 2. The lowest BCUT2D eigenvalue weighted by atomic mass is 9.80. The zero-order valence-corrected chi connectivity index (χ0v) is 12.6. The summed E-state index contributed by atoms with van der Waals surface area (Å²) >= 11 is 6.22. The summed E-state index contributed by atoms with van der Waals surface area (Å²) in [6.07, 6.45) is 1.75. The molecule has 0 aromatic heterocycles. The second-order valence-electron chi connectivity index (χ2n) is 5.61. The zero-order chi connectivity index (χ0) is 14.9. The van der Waals surface area contributed by atoms with Crippen LogP contribution in [0.5, 0.6) is 0 Å². The summed E-state index contributed by atoms with van der Waals surface area (Å²) in [7, 11) is -1.48. The maximum absolute atomic E-state index is 9.14. The number of likely N-dealkylation sites (tertiary alicyclic amines) is 1. The van der Waals surface area contributed by atoms with Crippen LogP contribution in [0.1, 0.15) is 18.4 Å². The molecule has 21 heavy (non-hydrogen) atoms. The van der Waals surface area contributed by atoms with E-state index in [4.69, 9.17) is 31.1 Å². The van der Waals surface area contributed by atoms with E-state index in [0.717, 1.165) is 38.0 Å². The van der Waals surface area contributed by atoms with Gasteiger partial charge in [0.05, 0.1) is 13.2 Å². The van der Waals surface area contributed by atoms with E-state index >= 15 is 0 Å². The normalized spacial score (nSPS) is 21.9. The summed E-state index contributed by atoms with van der Waals surface area (Å²) in [5, 5.41) is 18.8. The van der Waals surface area contributed by atoms with Gasteiger partial charge in [-0.2, -0.15) is 0 Å². The lowest BCUT2D eigenvalue weighted by Crippen LogP contribution is -2.44. The molecule has 3 rings (SSSR count). The molecule has 2 aliphatic heterocycles. The van der Waals surface area contributed by atoms with Crippen molar-refractivity contribution in [1.29, 1.82) is 0 Å². The van der Waals surface area contributed by atoms with Crippen LogP contribution in [0.4, 0.5) is 0 Å². The van der Waals surface area contributed by atoms with Gasteiger partial charge in [-0.25, -0.2) is 0 Å². The maximum atomic E-state index is 9.14. The highest BCUT2D eigenvalue weighted by Gasteiger charge is 2.39. The second kappa shape index (κ2) is 6.24. The third-order valence-electron chi connectivity index (χ3n) is 4.20. The number of piperidine rings is 1. The zero-order valence-electron chi connectivity index (χ0n) is 11.8. The minimum atomic E-state index is -1.48. The maximum Gasteiger partial charge on any atom is 0.488 e. The first kappa shape index (κ1) is 15.3. The Hall–Kier alpha value is -0.625. The molecule has 0 aliphatic carbocycles. The Labute approximate surface area is 129 Å². The molecule has 0 saturated carbocycles. The molecule has 2 aliphatic rings. The van der Waals surface area contributed by atoms with Crippen molar-refractivity contribution in [1.82, 2.24) is 4.90 Å². The Morgan fingerprint density at radius 1 is 1.19 bits per heavy atom. The first-order valence-corrected chi connectivity index (χ1v) is 7.60. The van der Waals surface area contributed by atoms with Gasteiger partial charge < -0.3 is 19.5 Å². The molecule has 1 aromatic carbocycles. The van der Waals surface area contributed by atoms with Gasteiger partial charge in [0, 0.05) is 37.5 Å². The lowest BCUT2D eigenvalue weighted by Gasteiger charge is -2.37. The van der Waals surface area contributed by atoms with Gasteiger partial charge in [0.2, 0.25) is 0 Å². The van der Waals surface area contributed by atoms with Crippen LogP contribution in [0.25, 0.3) is 0 Å². The third kappa shape index (κ3) is 3.42. The van der Waals surface area contributed by atoms with Crippen LogP contribution in [-0.4, -0.2) is 54.2 Å². The molecule has 1 aromatic rings. The lowest BCUT2D eigenvalue weighted by molar-refractivity contribution is -0.185. The molecular formula is C14H19BClNO4. The summed E-state index contributed by atoms with van der Waals surface area (Å²) in [5.74, 6) is -0.356. The van der Waals surface area contributed by atoms with Crippen LogP contribution in [0.15, 0.2) is 18.2 Å². The molecule has 2 heterocycles. The van der Waals surface area contributed by atoms with E-state index in [-0.39, 0.29) is 5.79 Å². The molecule has 114 valence electrons. The van der Waals surface area contributed by atoms with Crippen LogP contribution in [-0.2, 0) is 16.0 Å². The second-order valence-corrected chi connectivity index (χ2v) is 6.02. The van der Waals surface area contributed by atoms with Gasteiger partial charge in [0.15, 0.2) is 5.79 Å². The van der Waals surface area contributed by atoms with Gasteiger partial charge in [-0.1, -0.05) is 23.7 Å². The van der Waals surface area contributed by atoms with Gasteiger partial charge in [0.25, 0.3) is 0 Å². The molecule has 2 fully saturated rings. The summed E-state index contributed by atoms with van der Waals surface area (Å²) in [4.78, 5) is 2.31. The molecule has 1 spiro atoms. The minimum absolute atomic E-state index is 0.356. The topological polar surface area (TPSA) is 62.2 Å². The molecule has 7 heteroatoms. The number of halogens is 1.